The minimum Gasteiger partial charge on any atom is -0.489 e. The Kier molecular flexibility index (Phi) is 6.53. The molecule has 0 radical (unpaired) electrons. The number of nitrogens with one attached hydrogen (secondary N) is 1. The van der Waals surface area contributed by atoms with Crippen molar-refractivity contribution in [2.45, 2.75) is 19.6 Å². The van der Waals surface area contributed by atoms with Gasteiger partial charge < -0.3 is 15.0 Å². The summed E-state index contributed by atoms with van der Waals surface area (Å²) < 4.78 is 5.80. The summed E-state index contributed by atoms with van der Waals surface area (Å²) >= 11 is 6.16. The molecule has 2 amide bonds. The van der Waals surface area contributed by atoms with Gasteiger partial charge in [-0.25, -0.2) is 0 Å². The molecule has 0 saturated carbocycles. The molecule has 5 nitrogen and oxygen atoms in total. The second kappa shape index (κ2) is 9.67. The smallest absolute Gasteiger partial charge is 0.227 e. The van der Waals surface area contributed by atoms with Crippen LogP contribution < -0.4 is 15.0 Å². The molecule has 3 aromatic rings. The molecule has 1 unspecified atom stereocenters. The summed E-state index contributed by atoms with van der Waals surface area (Å²) in [5.41, 5.74) is 2.70. The second-order valence-electron chi connectivity index (χ2n) is 7.48. The molecule has 3 aromatic carbocycles. The maximum Gasteiger partial charge on any atom is 0.227 e. The summed E-state index contributed by atoms with van der Waals surface area (Å²) in [5.74, 6) is 0.184. The molecule has 1 aliphatic heterocycles. The number of amides is 2. The maximum atomic E-state index is 12.5. The Morgan fingerprint density at radius 3 is 2.45 bits per heavy atom. The first-order valence-corrected chi connectivity index (χ1v) is 10.6. The third-order valence-electron chi connectivity index (χ3n) is 5.31. The van der Waals surface area contributed by atoms with Gasteiger partial charge in [-0.05, 0) is 35.9 Å². The fourth-order valence-electron chi connectivity index (χ4n) is 3.56. The zero-order chi connectivity index (χ0) is 21.6. The van der Waals surface area contributed by atoms with Crippen molar-refractivity contribution in [2.75, 3.05) is 11.4 Å². The fourth-order valence-corrected chi connectivity index (χ4v) is 3.75. The first-order valence-electron chi connectivity index (χ1n) is 10.2. The number of halogens is 1. The normalized spacial score (nSPS) is 15.7. The van der Waals surface area contributed by atoms with E-state index in [9.17, 15) is 9.59 Å². The monoisotopic (exact) mass is 434 g/mol. The predicted octanol–water partition coefficient (Wildman–Crippen LogP) is 4.59. The number of hydrogen-bond acceptors (Lipinski definition) is 3. The highest BCUT2D eigenvalue weighted by Gasteiger charge is 2.35. The summed E-state index contributed by atoms with van der Waals surface area (Å²) in [6.07, 6.45) is 0.214. The van der Waals surface area contributed by atoms with E-state index in [1.54, 1.807) is 4.90 Å². The standard InChI is InChI=1S/C25H23ClN2O3/c26-23-9-5-4-8-19(23)17-31-22-12-10-21(11-13-22)28-16-20(14-24(28)29)25(30)27-15-18-6-2-1-3-7-18/h1-13,20H,14-17H2,(H,27,30). The maximum absolute atomic E-state index is 12.5. The van der Waals surface area contributed by atoms with Crippen LogP contribution in [0.5, 0.6) is 5.75 Å². The number of rotatable bonds is 7. The molecule has 0 bridgehead atoms. The molecule has 0 aromatic heterocycles. The van der Waals surface area contributed by atoms with Crippen LogP contribution in [-0.2, 0) is 22.7 Å². The predicted molar refractivity (Wildman–Crippen MR) is 121 cm³/mol. The Labute approximate surface area is 186 Å². The van der Waals surface area contributed by atoms with Gasteiger partial charge in [0, 0.05) is 35.8 Å². The number of nitrogens with zero attached hydrogens (tertiary/aromatic N) is 1. The van der Waals surface area contributed by atoms with Gasteiger partial charge in [-0.2, -0.15) is 0 Å². The molecule has 4 rings (SSSR count). The SMILES string of the molecule is O=C(NCc1ccccc1)C1CC(=O)N(c2ccc(OCc3ccccc3Cl)cc2)C1. The van der Waals surface area contributed by atoms with Crippen molar-refractivity contribution in [3.8, 4) is 5.75 Å². The van der Waals surface area contributed by atoms with Crippen molar-refractivity contribution in [1.82, 2.24) is 5.32 Å². The Morgan fingerprint density at radius 2 is 1.71 bits per heavy atom. The van der Waals surface area contributed by atoms with Crippen molar-refractivity contribution in [1.29, 1.82) is 0 Å². The molecule has 1 saturated heterocycles. The lowest BCUT2D eigenvalue weighted by molar-refractivity contribution is -0.126. The highest BCUT2D eigenvalue weighted by molar-refractivity contribution is 6.31. The van der Waals surface area contributed by atoms with Gasteiger partial charge in [0.25, 0.3) is 0 Å². The first kappa shape index (κ1) is 20.9. The van der Waals surface area contributed by atoms with E-state index < -0.39 is 0 Å². The number of hydrogen-bond donors (Lipinski definition) is 1. The van der Waals surface area contributed by atoms with Gasteiger partial charge in [-0.1, -0.05) is 60.1 Å². The number of ether oxygens (including phenoxy) is 1. The second-order valence-corrected chi connectivity index (χ2v) is 7.89. The Bertz CT molecular complexity index is 1050. The summed E-state index contributed by atoms with van der Waals surface area (Å²) in [6.45, 7) is 1.20. The quantitative estimate of drug-likeness (QED) is 0.591. The lowest BCUT2D eigenvalue weighted by Crippen LogP contribution is -2.32. The molecule has 1 N–H and O–H groups in total. The number of anilines is 1. The number of carbonyl (C=O) groups is 2. The van der Waals surface area contributed by atoms with Gasteiger partial charge in [-0.3, -0.25) is 9.59 Å². The van der Waals surface area contributed by atoms with Crippen molar-refractivity contribution in [2.24, 2.45) is 5.92 Å². The summed E-state index contributed by atoms with van der Waals surface area (Å²) in [4.78, 5) is 26.7. The van der Waals surface area contributed by atoms with E-state index in [-0.39, 0.29) is 24.2 Å². The van der Waals surface area contributed by atoms with Gasteiger partial charge in [0.1, 0.15) is 12.4 Å². The molecule has 1 atom stereocenters. The van der Waals surface area contributed by atoms with Crippen LogP contribution >= 0.6 is 11.6 Å². The highest BCUT2D eigenvalue weighted by Crippen LogP contribution is 2.27. The van der Waals surface area contributed by atoms with Gasteiger partial charge in [0.15, 0.2) is 0 Å². The van der Waals surface area contributed by atoms with Crippen LogP contribution in [0.4, 0.5) is 5.69 Å². The molecule has 1 fully saturated rings. The Balaban J connectivity index is 1.32. The van der Waals surface area contributed by atoms with E-state index in [1.807, 2.05) is 78.9 Å². The minimum absolute atomic E-state index is 0.0513. The summed E-state index contributed by atoms with van der Waals surface area (Å²) in [7, 11) is 0. The van der Waals surface area contributed by atoms with Crippen molar-refractivity contribution < 1.29 is 14.3 Å². The molecule has 158 valence electrons. The van der Waals surface area contributed by atoms with Gasteiger partial charge in [-0.15, -0.1) is 0 Å². The van der Waals surface area contributed by atoms with Crippen LogP contribution in [0, 0.1) is 5.92 Å². The Hall–Kier alpha value is -3.31. The van der Waals surface area contributed by atoms with Crippen LogP contribution in [-0.4, -0.2) is 18.4 Å². The van der Waals surface area contributed by atoms with Crippen LogP contribution in [0.2, 0.25) is 5.02 Å². The largest absolute Gasteiger partial charge is 0.489 e. The highest BCUT2D eigenvalue weighted by atomic mass is 35.5. The van der Waals surface area contributed by atoms with E-state index in [2.05, 4.69) is 5.32 Å². The van der Waals surface area contributed by atoms with Crippen molar-refractivity contribution in [3.05, 3.63) is 95.0 Å². The number of carbonyl (C=O) groups excluding carboxylic acids is 2. The van der Waals surface area contributed by atoms with Crippen LogP contribution in [0.3, 0.4) is 0 Å². The number of benzene rings is 3. The van der Waals surface area contributed by atoms with E-state index in [0.717, 1.165) is 16.8 Å². The minimum atomic E-state index is -0.354. The van der Waals surface area contributed by atoms with Gasteiger partial charge in [0.2, 0.25) is 11.8 Å². The average Bonchev–Trinajstić information content (AvgIpc) is 3.20. The van der Waals surface area contributed by atoms with Crippen LogP contribution in [0.1, 0.15) is 17.5 Å². The van der Waals surface area contributed by atoms with Gasteiger partial charge >= 0.3 is 0 Å². The molecular weight excluding hydrogens is 412 g/mol. The molecular formula is C25H23ClN2O3. The molecule has 6 heteroatoms. The first-order chi connectivity index (χ1) is 15.1. The van der Waals surface area contributed by atoms with Crippen molar-refractivity contribution in [3.63, 3.8) is 0 Å². The molecule has 1 heterocycles. The lowest BCUT2D eigenvalue weighted by atomic mass is 10.1. The fraction of sp³-hybridized carbons (Fsp3) is 0.200. The van der Waals surface area contributed by atoms with Crippen molar-refractivity contribution >= 4 is 29.1 Å². The van der Waals surface area contributed by atoms with Crippen LogP contribution in [0.15, 0.2) is 78.9 Å². The molecule has 31 heavy (non-hydrogen) atoms. The molecule has 0 aliphatic carbocycles. The van der Waals surface area contributed by atoms with E-state index in [0.29, 0.717) is 30.5 Å². The third kappa shape index (κ3) is 5.25. The van der Waals surface area contributed by atoms with Crippen LogP contribution in [0.25, 0.3) is 0 Å². The third-order valence-corrected chi connectivity index (χ3v) is 5.67. The zero-order valence-electron chi connectivity index (χ0n) is 17.0. The lowest BCUT2D eigenvalue weighted by Gasteiger charge is -2.17. The summed E-state index contributed by atoms with van der Waals surface area (Å²) in [5, 5.41) is 3.60. The van der Waals surface area contributed by atoms with E-state index in [1.165, 1.54) is 0 Å². The summed E-state index contributed by atoms with van der Waals surface area (Å²) in [6, 6.07) is 24.6. The molecule has 1 aliphatic rings. The molecule has 0 spiro atoms. The van der Waals surface area contributed by atoms with E-state index in [4.69, 9.17) is 16.3 Å². The van der Waals surface area contributed by atoms with Gasteiger partial charge in [0.05, 0.1) is 5.92 Å². The topological polar surface area (TPSA) is 58.6 Å². The average molecular weight is 435 g/mol. The van der Waals surface area contributed by atoms with E-state index >= 15 is 0 Å². The Morgan fingerprint density at radius 1 is 1.00 bits per heavy atom. The zero-order valence-corrected chi connectivity index (χ0v) is 17.7.